The standard InChI is InChI=1S/C15H21NO4/c1-3-5-10(6-4-2)14(18)16-11-7-8-12(15(19)20)13(17)9-11/h7-10,17H,3-6H2,1-2H3,(H,16,18)(H,19,20). The Morgan fingerprint density at radius 2 is 1.80 bits per heavy atom. The Balaban J connectivity index is 2.79. The third kappa shape index (κ3) is 4.26. The number of aromatic carboxylic acids is 1. The number of nitrogens with one attached hydrogen (secondary N) is 1. The van der Waals surface area contributed by atoms with Crippen LogP contribution in [0.4, 0.5) is 5.69 Å². The minimum absolute atomic E-state index is 0.0497. The molecule has 3 N–H and O–H groups in total. The van der Waals surface area contributed by atoms with E-state index in [1.165, 1.54) is 18.2 Å². The highest BCUT2D eigenvalue weighted by atomic mass is 16.4. The van der Waals surface area contributed by atoms with Crippen molar-refractivity contribution in [1.82, 2.24) is 0 Å². The number of carboxylic acid groups (broad SMARTS) is 1. The summed E-state index contributed by atoms with van der Waals surface area (Å²) in [5.74, 6) is -1.68. The van der Waals surface area contributed by atoms with Crippen LogP contribution >= 0.6 is 0 Å². The molecule has 0 atom stereocenters. The van der Waals surface area contributed by atoms with Gasteiger partial charge in [-0.2, -0.15) is 0 Å². The van der Waals surface area contributed by atoms with Gasteiger partial charge in [0.2, 0.25) is 5.91 Å². The number of anilines is 1. The monoisotopic (exact) mass is 279 g/mol. The van der Waals surface area contributed by atoms with Gasteiger partial charge in [0, 0.05) is 17.7 Å². The number of phenols is 1. The zero-order chi connectivity index (χ0) is 15.1. The molecule has 0 fully saturated rings. The first kappa shape index (κ1) is 16.0. The van der Waals surface area contributed by atoms with Crippen LogP contribution in [0.1, 0.15) is 49.9 Å². The maximum absolute atomic E-state index is 12.1. The number of rotatable bonds is 7. The predicted octanol–water partition coefficient (Wildman–Crippen LogP) is 3.25. The second-order valence-electron chi connectivity index (χ2n) is 4.80. The maximum atomic E-state index is 12.1. The predicted molar refractivity (Wildman–Crippen MR) is 77.0 cm³/mol. The van der Waals surface area contributed by atoms with Gasteiger partial charge in [0.15, 0.2) is 0 Å². The summed E-state index contributed by atoms with van der Waals surface area (Å²) in [5, 5.41) is 21.1. The quantitative estimate of drug-likeness (QED) is 0.715. The van der Waals surface area contributed by atoms with E-state index in [4.69, 9.17) is 5.11 Å². The van der Waals surface area contributed by atoms with Gasteiger partial charge < -0.3 is 15.5 Å². The van der Waals surface area contributed by atoms with Crippen molar-refractivity contribution in [2.45, 2.75) is 39.5 Å². The van der Waals surface area contributed by atoms with Crippen molar-refractivity contribution in [3.05, 3.63) is 23.8 Å². The van der Waals surface area contributed by atoms with Crippen molar-refractivity contribution >= 4 is 17.6 Å². The van der Waals surface area contributed by atoms with E-state index in [1.54, 1.807) is 0 Å². The van der Waals surface area contributed by atoms with Gasteiger partial charge in [0.1, 0.15) is 11.3 Å². The number of amides is 1. The molecule has 1 amide bonds. The third-order valence-corrected chi connectivity index (χ3v) is 3.14. The van der Waals surface area contributed by atoms with Crippen LogP contribution in [0.3, 0.4) is 0 Å². The van der Waals surface area contributed by atoms with Gasteiger partial charge in [0.25, 0.3) is 0 Å². The first-order chi connectivity index (χ1) is 9.49. The molecule has 1 rings (SSSR count). The molecule has 0 radical (unpaired) electrons. The summed E-state index contributed by atoms with van der Waals surface area (Å²) in [6.07, 6.45) is 3.50. The molecule has 5 nitrogen and oxygen atoms in total. The van der Waals surface area contributed by atoms with Gasteiger partial charge in [-0.3, -0.25) is 4.79 Å². The smallest absolute Gasteiger partial charge is 0.339 e. The molecule has 0 aliphatic rings. The Morgan fingerprint density at radius 1 is 1.20 bits per heavy atom. The molecule has 20 heavy (non-hydrogen) atoms. The Bertz CT molecular complexity index is 479. The number of hydrogen-bond donors (Lipinski definition) is 3. The first-order valence-corrected chi connectivity index (χ1v) is 6.86. The van der Waals surface area contributed by atoms with Crippen molar-refractivity contribution in [2.24, 2.45) is 5.92 Å². The van der Waals surface area contributed by atoms with Gasteiger partial charge in [-0.15, -0.1) is 0 Å². The summed E-state index contributed by atoms with van der Waals surface area (Å²) in [6.45, 7) is 4.06. The molecule has 0 spiro atoms. The van der Waals surface area contributed by atoms with Gasteiger partial charge in [-0.25, -0.2) is 4.79 Å². The van der Waals surface area contributed by atoms with Gasteiger partial charge >= 0.3 is 5.97 Å². The Hall–Kier alpha value is -2.04. The normalized spacial score (nSPS) is 10.6. The average Bonchev–Trinajstić information content (AvgIpc) is 2.38. The van der Waals surface area contributed by atoms with Gasteiger partial charge in [-0.05, 0) is 25.0 Å². The SMILES string of the molecule is CCCC(CCC)C(=O)Nc1ccc(C(=O)O)c(O)c1. The zero-order valence-corrected chi connectivity index (χ0v) is 11.8. The van der Waals surface area contributed by atoms with E-state index in [0.717, 1.165) is 25.7 Å². The highest BCUT2D eigenvalue weighted by Gasteiger charge is 2.17. The lowest BCUT2D eigenvalue weighted by Gasteiger charge is -2.15. The van der Waals surface area contributed by atoms with Crippen molar-refractivity contribution in [3.8, 4) is 5.75 Å². The Labute approximate surface area is 118 Å². The highest BCUT2D eigenvalue weighted by Crippen LogP contribution is 2.23. The van der Waals surface area contributed by atoms with Crippen molar-refractivity contribution in [1.29, 1.82) is 0 Å². The zero-order valence-electron chi connectivity index (χ0n) is 11.8. The summed E-state index contributed by atoms with van der Waals surface area (Å²) >= 11 is 0. The van der Waals surface area contributed by atoms with Crippen LogP contribution in [0.2, 0.25) is 0 Å². The second-order valence-corrected chi connectivity index (χ2v) is 4.80. The van der Waals surface area contributed by atoms with Gasteiger partial charge in [0.05, 0.1) is 0 Å². The molecule has 0 aliphatic carbocycles. The fraction of sp³-hybridized carbons (Fsp3) is 0.467. The fourth-order valence-electron chi connectivity index (χ4n) is 2.14. The number of carbonyl (C=O) groups excluding carboxylic acids is 1. The molecule has 0 unspecified atom stereocenters. The minimum Gasteiger partial charge on any atom is -0.507 e. The molecule has 0 heterocycles. The Kier molecular flexibility index (Phi) is 6.03. The van der Waals surface area contributed by atoms with Crippen LogP contribution in [0, 0.1) is 5.92 Å². The third-order valence-electron chi connectivity index (χ3n) is 3.14. The largest absolute Gasteiger partial charge is 0.507 e. The van der Waals surface area contributed by atoms with E-state index in [0.29, 0.717) is 5.69 Å². The van der Waals surface area contributed by atoms with Crippen molar-refractivity contribution < 1.29 is 19.8 Å². The second kappa shape index (κ2) is 7.53. The number of carbonyl (C=O) groups is 2. The lowest BCUT2D eigenvalue weighted by molar-refractivity contribution is -0.120. The molecular weight excluding hydrogens is 258 g/mol. The molecule has 0 bridgehead atoms. The van der Waals surface area contributed by atoms with E-state index >= 15 is 0 Å². The fourth-order valence-corrected chi connectivity index (χ4v) is 2.14. The van der Waals surface area contributed by atoms with E-state index in [-0.39, 0.29) is 23.1 Å². The number of carboxylic acids is 1. The molecule has 0 aliphatic heterocycles. The van der Waals surface area contributed by atoms with Crippen LogP contribution in [0.25, 0.3) is 0 Å². The summed E-state index contributed by atoms with van der Waals surface area (Å²) in [5.41, 5.74) is 0.233. The summed E-state index contributed by atoms with van der Waals surface area (Å²) < 4.78 is 0. The van der Waals surface area contributed by atoms with Crippen LogP contribution in [0.5, 0.6) is 5.75 Å². The number of aromatic hydroxyl groups is 1. The van der Waals surface area contributed by atoms with E-state index < -0.39 is 5.97 Å². The van der Waals surface area contributed by atoms with E-state index in [1.807, 2.05) is 13.8 Å². The van der Waals surface area contributed by atoms with E-state index in [2.05, 4.69) is 5.32 Å². The van der Waals surface area contributed by atoms with Crippen LogP contribution < -0.4 is 5.32 Å². The molecule has 0 saturated heterocycles. The lowest BCUT2D eigenvalue weighted by atomic mass is 9.97. The van der Waals surface area contributed by atoms with Crippen molar-refractivity contribution in [2.75, 3.05) is 5.32 Å². The maximum Gasteiger partial charge on any atom is 0.339 e. The first-order valence-electron chi connectivity index (χ1n) is 6.86. The molecule has 110 valence electrons. The number of hydrogen-bond acceptors (Lipinski definition) is 3. The molecular formula is C15H21NO4. The summed E-state index contributed by atoms with van der Waals surface area (Å²) in [6, 6.07) is 4.02. The lowest BCUT2D eigenvalue weighted by Crippen LogP contribution is -2.22. The molecule has 0 aromatic heterocycles. The summed E-state index contributed by atoms with van der Waals surface area (Å²) in [7, 11) is 0. The molecule has 0 saturated carbocycles. The molecule has 1 aromatic rings. The highest BCUT2D eigenvalue weighted by molar-refractivity contribution is 5.95. The Morgan fingerprint density at radius 3 is 2.25 bits per heavy atom. The number of benzene rings is 1. The van der Waals surface area contributed by atoms with E-state index in [9.17, 15) is 14.7 Å². The molecule has 5 heteroatoms. The minimum atomic E-state index is -1.20. The van der Waals surface area contributed by atoms with Crippen molar-refractivity contribution in [3.63, 3.8) is 0 Å². The topological polar surface area (TPSA) is 86.6 Å². The summed E-state index contributed by atoms with van der Waals surface area (Å²) in [4.78, 5) is 22.9. The molecule has 1 aromatic carbocycles. The van der Waals surface area contributed by atoms with Crippen LogP contribution in [-0.4, -0.2) is 22.1 Å². The van der Waals surface area contributed by atoms with Crippen LogP contribution in [0.15, 0.2) is 18.2 Å². The van der Waals surface area contributed by atoms with Gasteiger partial charge in [-0.1, -0.05) is 26.7 Å². The average molecular weight is 279 g/mol. The van der Waals surface area contributed by atoms with Crippen LogP contribution in [-0.2, 0) is 4.79 Å².